The number of anilines is 2. The molecule has 1 saturated carbocycles. The third-order valence-electron chi connectivity index (χ3n) is 3.48. The zero-order valence-electron chi connectivity index (χ0n) is 11.9. The van der Waals surface area contributed by atoms with Gasteiger partial charge >= 0.3 is 0 Å². The van der Waals surface area contributed by atoms with Gasteiger partial charge in [-0.3, -0.25) is 4.79 Å². The zero-order valence-corrected chi connectivity index (χ0v) is 13.5. The predicted octanol–water partition coefficient (Wildman–Crippen LogP) is 2.97. The summed E-state index contributed by atoms with van der Waals surface area (Å²) in [4.78, 5) is 15.3. The molecule has 0 aromatic carbocycles. The Morgan fingerprint density at radius 3 is 2.63 bits per heavy atom. The summed E-state index contributed by atoms with van der Waals surface area (Å²) >= 11 is 3.06. The first kappa shape index (κ1) is 14.5. The number of hydrogen-bond donors (Lipinski definition) is 2. The first-order valence-corrected chi connectivity index (χ1v) is 8.34. The van der Waals surface area contributed by atoms with E-state index in [9.17, 15) is 4.79 Å². The van der Waals surface area contributed by atoms with Gasteiger partial charge in [-0.15, -0.1) is 23.1 Å². The van der Waals surface area contributed by atoms with Crippen LogP contribution in [0.25, 0.3) is 0 Å². The van der Waals surface area contributed by atoms with E-state index in [0.29, 0.717) is 16.0 Å². The fourth-order valence-electron chi connectivity index (χ4n) is 1.79. The summed E-state index contributed by atoms with van der Waals surface area (Å²) in [5.41, 5.74) is 7.15. The van der Waals surface area contributed by atoms with Crippen LogP contribution in [0.2, 0.25) is 0 Å². The lowest BCUT2D eigenvalue weighted by Gasteiger charge is -2.10. The Labute approximate surface area is 122 Å². The van der Waals surface area contributed by atoms with Crippen molar-refractivity contribution < 1.29 is 4.79 Å². The van der Waals surface area contributed by atoms with Gasteiger partial charge in [0.2, 0.25) is 0 Å². The summed E-state index contributed by atoms with van der Waals surface area (Å²) in [7, 11) is 3.50. The number of hydrogen-bond acceptors (Lipinski definition) is 5. The summed E-state index contributed by atoms with van der Waals surface area (Å²) in [6.07, 6.45) is 4.55. The van der Waals surface area contributed by atoms with Crippen LogP contribution in [0.4, 0.5) is 10.7 Å². The number of thioether (sulfide) groups is 1. The van der Waals surface area contributed by atoms with E-state index in [-0.39, 0.29) is 5.91 Å². The molecular weight excluding hydrogens is 278 g/mol. The molecule has 0 saturated heterocycles. The summed E-state index contributed by atoms with van der Waals surface area (Å²) in [5.74, 6) is -0.0246. The maximum absolute atomic E-state index is 12.1. The number of nitrogen functional groups attached to an aromatic ring is 1. The summed E-state index contributed by atoms with van der Waals surface area (Å²) in [6, 6.07) is 0. The minimum Gasteiger partial charge on any atom is -0.396 e. The Hall–Kier alpha value is -0.880. The lowest BCUT2D eigenvalue weighted by molar-refractivity contribution is 0.0833. The first-order valence-electron chi connectivity index (χ1n) is 6.30. The van der Waals surface area contributed by atoms with Crippen LogP contribution in [0.15, 0.2) is 4.90 Å². The second kappa shape index (κ2) is 5.25. The van der Waals surface area contributed by atoms with Crippen LogP contribution in [0.3, 0.4) is 0 Å². The van der Waals surface area contributed by atoms with Crippen molar-refractivity contribution in [3.63, 3.8) is 0 Å². The van der Waals surface area contributed by atoms with Gasteiger partial charge in [0, 0.05) is 20.6 Å². The standard InChI is InChI=1S/C13H21N3OS2/c1-13(5-6-13)7-15-11-9(18-4)8(14)10(19-11)12(17)16(2)3/h15H,5-7,14H2,1-4H3. The van der Waals surface area contributed by atoms with E-state index in [1.807, 2.05) is 6.26 Å². The molecule has 106 valence electrons. The number of rotatable bonds is 5. The number of thiophene rings is 1. The molecule has 2 rings (SSSR count). The summed E-state index contributed by atoms with van der Waals surface area (Å²) < 4.78 is 0. The maximum atomic E-state index is 12.1. The Morgan fingerprint density at radius 1 is 1.53 bits per heavy atom. The average Bonchev–Trinajstić information content (AvgIpc) is 3.00. The predicted molar refractivity (Wildman–Crippen MR) is 84.4 cm³/mol. The third-order valence-corrected chi connectivity index (χ3v) is 5.60. The van der Waals surface area contributed by atoms with Gasteiger partial charge in [0.15, 0.2) is 0 Å². The highest BCUT2D eigenvalue weighted by Crippen LogP contribution is 2.47. The highest BCUT2D eigenvalue weighted by Gasteiger charge is 2.37. The van der Waals surface area contributed by atoms with Gasteiger partial charge in [0.1, 0.15) is 9.88 Å². The molecular formula is C13H21N3OS2. The van der Waals surface area contributed by atoms with Crippen molar-refractivity contribution in [2.24, 2.45) is 5.41 Å². The monoisotopic (exact) mass is 299 g/mol. The molecule has 1 aliphatic rings. The van der Waals surface area contributed by atoms with Crippen LogP contribution in [-0.2, 0) is 0 Å². The van der Waals surface area contributed by atoms with Crippen LogP contribution in [-0.4, -0.2) is 37.7 Å². The van der Waals surface area contributed by atoms with E-state index in [4.69, 9.17) is 5.73 Å². The topological polar surface area (TPSA) is 58.4 Å². The first-order chi connectivity index (χ1) is 8.88. The van der Waals surface area contributed by atoms with E-state index >= 15 is 0 Å². The molecule has 0 atom stereocenters. The van der Waals surface area contributed by atoms with E-state index in [1.54, 1.807) is 30.8 Å². The smallest absolute Gasteiger partial charge is 0.265 e. The number of nitrogens with one attached hydrogen (secondary N) is 1. The normalized spacial score (nSPS) is 16.2. The quantitative estimate of drug-likeness (QED) is 0.821. The molecule has 1 aliphatic carbocycles. The summed E-state index contributed by atoms with van der Waals surface area (Å²) in [6.45, 7) is 3.23. The third kappa shape index (κ3) is 3.00. The van der Waals surface area contributed by atoms with Gasteiger partial charge in [0.25, 0.3) is 5.91 Å². The zero-order chi connectivity index (χ0) is 14.2. The number of carbonyl (C=O) groups excluding carboxylic acids is 1. The van der Waals surface area contributed by atoms with Crippen LogP contribution in [0, 0.1) is 5.41 Å². The van der Waals surface area contributed by atoms with E-state index in [2.05, 4.69) is 12.2 Å². The molecule has 3 N–H and O–H groups in total. The van der Waals surface area contributed by atoms with Crippen molar-refractivity contribution in [3.8, 4) is 0 Å². The Bertz CT molecular complexity index is 492. The second-order valence-electron chi connectivity index (χ2n) is 5.57. The number of carbonyl (C=O) groups is 1. The SMILES string of the molecule is CSc1c(NCC2(C)CC2)sc(C(=O)N(C)C)c1N. The Balaban J connectivity index is 2.22. The molecule has 19 heavy (non-hydrogen) atoms. The van der Waals surface area contributed by atoms with Gasteiger partial charge in [-0.2, -0.15) is 0 Å². The van der Waals surface area contributed by atoms with Crippen molar-refractivity contribution in [2.45, 2.75) is 24.7 Å². The summed E-state index contributed by atoms with van der Waals surface area (Å²) in [5, 5.41) is 4.50. The van der Waals surface area contributed by atoms with Gasteiger partial charge in [-0.1, -0.05) is 6.92 Å². The fourth-order valence-corrected chi connectivity index (χ4v) is 3.85. The van der Waals surface area contributed by atoms with Crippen LogP contribution < -0.4 is 11.1 Å². The number of amides is 1. The second-order valence-corrected chi connectivity index (χ2v) is 7.41. The Kier molecular flexibility index (Phi) is 4.01. The van der Waals surface area contributed by atoms with Gasteiger partial charge < -0.3 is 16.0 Å². The molecule has 1 aromatic rings. The Morgan fingerprint density at radius 2 is 2.16 bits per heavy atom. The van der Waals surface area contributed by atoms with Gasteiger partial charge in [-0.25, -0.2) is 0 Å². The lowest BCUT2D eigenvalue weighted by Crippen LogP contribution is -2.21. The average molecular weight is 299 g/mol. The van der Waals surface area contributed by atoms with Crippen LogP contribution >= 0.6 is 23.1 Å². The van der Waals surface area contributed by atoms with Crippen molar-refractivity contribution in [1.29, 1.82) is 0 Å². The van der Waals surface area contributed by atoms with Gasteiger partial charge in [0.05, 0.1) is 10.6 Å². The number of nitrogens with zero attached hydrogens (tertiary/aromatic N) is 1. The molecule has 0 aliphatic heterocycles. The molecule has 1 heterocycles. The molecule has 1 aromatic heterocycles. The van der Waals surface area contributed by atoms with E-state index in [1.165, 1.54) is 24.2 Å². The van der Waals surface area contributed by atoms with Gasteiger partial charge in [-0.05, 0) is 24.5 Å². The minimum absolute atomic E-state index is 0.0246. The fraction of sp³-hybridized carbons (Fsp3) is 0.615. The molecule has 1 fully saturated rings. The highest BCUT2D eigenvalue weighted by molar-refractivity contribution is 7.99. The highest BCUT2D eigenvalue weighted by atomic mass is 32.2. The van der Waals surface area contributed by atoms with Crippen LogP contribution in [0.1, 0.15) is 29.4 Å². The van der Waals surface area contributed by atoms with E-state index < -0.39 is 0 Å². The molecule has 1 amide bonds. The maximum Gasteiger partial charge on any atom is 0.265 e. The largest absolute Gasteiger partial charge is 0.396 e. The van der Waals surface area contributed by atoms with Crippen molar-refractivity contribution in [2.75, 3.05) is 37.9 Å². The van der Waals surface area contributed by atoms with Crippen molar-refractivity contribution >= 4 is 39.7 Å². The van der Waals surface area contributed by atoms with Crippen molar-refractivity contribution in [3.05, 3.63) is 4.88 Å². The molecule has 6 heteroatoms. The minimum atomic E-state index is -0.0246. The van der Waals surface area contributed by atoms with Crippen LogP contribution in [0.5, 0.6) is 0 Å². The molecule has 0 unspecified atom stereocenters. The molecule has 4 nitrogen and oxygen atoms in total. The molecule has 0 radical (unpaired) electrons. The van der Waals surface area contributed by atoms with Crippen molar-refractivity contribution in [1.82, 2.24) is 4.90 Å². The van der Waals surface area contributed by atoms with E-state index in [0.717, 1.165) is 16.4 Å². The number of nitrogens with two attached hydrogens (primary N) is 1. The lowest BCUT2D eigenvalue weighted by atomic mass is 10.1. The molecule has 0 bridgehead atoms. The molecule has 0 spiro atoms.